The molecule has 0 fully saturated rings. The van der Waals surface area contributed by atoms with Crippen molar-refractivity contribution in [3.8, 4) is 0 Å². The second-order valence-corrected chi connectivity index (χ2v) is 11.2. The van der Waals surface area contributed by atoms with Crippen molar-refractivity contribution in [2.45, 2.75) is 15.9 Å². The molecule has 0 amide bonds. The Kier molecular flexibility index (Phi) is 5.12. The number of para-hydroxylation sites is 1. The first-order chi connectivity index (χ1) is 16.6. The monoisotopic (exact) mass is 478 g/mol. The average Bonchev–Trinajstić information content (AvgIpc) is 3.43. The molecule has 3 nitrogen and oxygen atoms in total. The van der Waals surface area contributed by atoms with Crippen LogP contribution in [0.1, 0.15) is 29.2 Å². The summed E-state index contributed by atoms with van der Waals surface area (Å²) in [5.74, 6) is -0.0159. The lowest BCUT2D eigenvalue weighted by Gasteiger charge is -2.37. The highest BCUT2D eigenvalue weighted by Gasteiger charge is 2.61. The van der Waals surface area contributed by atoms with Gasteiger partial charge in [0.25, 0.3) is 0 Å². The zero-order valence-electron chi connectivity index (χ0n) is 18.6. The standard InChI is InChI=1S/C29H22N2OS2/c1-21(32)27-30-31(24-17-9-4-10-18-24)29(33-27)26-20-12-11-19-25(26)28(34-29,22-13-5-2-6-14-22)23-15-7-3-8-16-23/h2-20H,1H3/t29-/m1/s1. The number of carbonyl (C=O) groups is 1. The largest absolute Gasteiger partial charge is 0.292 e. The van der Waals surface area contributed by atoms with E-state index < -0.39 is 8.95 Å². The number of ketones is 1. The number of hydrogen-bond acceptors (Lipinski definition) is 5. The highest BCUT2D eigenvalue weighted by Crippen LogP contribution is 2.70. The van der Waals surface area contributed by atoms with Crippen molar-refractivity contribution in [3.63, 3.8) is 0 Å². The van der Waals surface area contributed by atoms with Gasteiger partial charge in [0, 0.05) is 12.5 Å². The van der Waals surface area contributed by atoms with E-state index in [1.54, 1.807) is 18.7 Å². The maximum Gasteiger partial charge on any atom is 0.187 e. The van der Waals surface area contributed by atoms with Crippen molar-refractivity contribution in [3.05, 3.63) is 138 Å². The molecule has 1 atom stereocenters. The summed E-state index contributed by atoms with van der Waals surface area (Å²) in [6, 6.07) is 40.1. The minimum Gasteiger partial charge on any atom is -0.292 e. The maximum absolute atomic E-state index is 12.6. The van der Waals surface area contributed by atoms with Crippen LogP contribution in [0.2, 0.25) is 0 Å². The number of thioether (sulfide) groups is 2. The maximum atomic E-state index is 12.6. The van der Waals surface area contributed by atoms with E-state index in [0.717, 1.165) is 5.69 Å². The molecular weight excluding hydrogens is 456 g/mol. The van der Waals surface area contributed by atoms with Crippen LogP contribution in [0.4, 0.5) is 5.69 Å². The van der Waals surface area contributed by atoms with Crippen LogP contribution in [0.3, 0.4) is 0 Å². The molecule has 1 spiro atoms. The van der Waals surface area contributed by atoms with Crippen molar-refractivity contribution in [2.24, 2.45) is 5.10 Å². The molecule has 6 rings (SSSR count). The molecule has 0 N–H and O–H groups in total. The molecule has 2 heterocycles. The lowest BCUT2D eigenvalue weighted by molar-refractivity contribution is -0.110. The van der Waals surface area contributed by atoms with Gasteiger partial charge < -0.3 is 0 Å². The van der Waals surface area contributed by atoms with Gasteiger partial charge in [-0.3, -0.25) is 4.79 Å². The fraction of sp³-hybridized carbons (Fsp3) is 0.103. The molecule has 0 aliphatic carbocycles. The lowest BCUT2D eigenvalue weighted by atomic mass is 9.82. The van der Waals surface area contributed by atoms with Crippen molar-refractivity contribution in [1.29, 1.82) is 0 Å². The van der Waals surface area contributed by atoms with Gasteiger partial charge in [-0.1, -0.05) is 127 Å². The molecule has 0 unspecified atom stereocenters. The van der Waals surface area contributed by atoms with E-state index in [-0.39, 0.29) is 5.78 Å². The Morgan fingerprint density at radius 1 is 0.706 bits per heavy atom. The minimum atomic E-state index is -0.620. The highest BCUT2D eigenvalue weighted by molar-refractivity contribution is 8.27. The Morgan fingerprint density at radius 2 is 1.21 bits per heavy atom. The Morgan fingerprint density at radius 3 is 1.76 bits per heavy atom. The van der Waals surface area contributed by atoms with Gasteiger partial charge >= 0.3 is 0 Å². The van der Waals surface area contributed by atoms with E-state index in [4.69, 9.17) is 5.10 Å². The summed E-state index contributed by atoms with van der Waals surface area (Å²) in [5.41, 5.74) is 5.78. The first-order valence-corrected chi connectivity index (χ1v) is 12.8. The Balaban J connectivity index is 1.65. The molecule has 0 bridgehead atoms. The van der Waals surface area contributed by atoms with Gasteiger partial charge in [0.2, 0.25) is 0 Å². The number of Topliss-reactive ketones (excluding diaryl/α,β-unsaturated/α-hetero) is 1. The quantitative estimate of drug-likeness (QED) is 0.316. The highest BCUT2D eigenvalue weighted by atomic mass is 32.2. The van der Waals surface area contributed by atoms with Crippen molar-refractivity contribution < 1.29 is 4.79 Å². The first-order valence-electron chi connectivity index (χ1n) is 11.2. The van der Waals surface area contributed by atoms with Crippen molar-refractivity contribution >= 4 is 40.0 Å². The van der Waals surface area contributed by atoms with Crippen LogP contribution in [0.15, 0.2) is 120 Å². The number of rotatable bonds is 4. The lowest BCUT2D eigenvalue weighted by Crippen LogP contribution is -2.34. The first kappa shape index (κ1) is 21.3. The van der Waals surface area contributed by atoms with Crippen molar-refractivity contribution in [1.82, 2.24) is 0 Å². The van der Waals surface area contributed by atoms with E-state index in [1.165, 1.54) is 22.3 Å². The number of carbonyl (C=O) groups excluding carboxylic acids is 1. The van der Waals surface area contributed by atoms with E-state index in [0.29, 0.717) is 5.04 Å². The van der Waals surface area contributed by atoms with Gasteiger partial charge in [0.15, 0.2) is 15.0 Å². The van der Waals surface area contributed by atoms with Crippen LogP contribution in [-0.4, -0.2) is 10.8 Å². The Hall–Kier alpha value is -3.28. The van der Waals surface area contributed by atoms with Crippen molar-refractivity contribution in [2.75, 3.05) is 5.01 Å². The summed E-state index contributed by atoms with van der Waals surface area (Å²) in [6.45, 7) is 1.60. The van der Waals surface area contributed by atoms with Crippen LogP contribution >= 0.6 is 23.5 Å². The normalized spacial score (nSPS) is 20.3. The fourth-order valence-corrected chi connectivity index (χ4v) is 8.41. The molecule has 4 aromatic rings. The van der Waals surface area contributed by atoms with Gasteiger partial charge in [-0.2, -0.15) is 5.10 Å². The summed E-state index contributed by atoms with van der Waals surface area (Å²) >= 11 is 3.40. The molecule has 0 aromatic heterocycles. The zero-order valence-corrected chi connectivity index (χ0v) is 20.2. The van der Waals surface area contributed by atoms with Crippen LogP contribution < -0.4 is 5.01 Å². The topological polar surface area (TPSA) is 32.7 Å². The SMILES string of the molecule is CC(=O)C1=NN(c2ccccc2)[C@]2(S1)SC(c1ccccc1)(c1ccccc1)c1ccccc12. The van der Waals surface area contributed by atoms with E-state index >= 15 is 0 Å². The predicted molar refractivity (Wildman–Crippen MR) is 143 cm³/mol. The molecule has 0 saturated heterocycles. The summed E-state index contributed by atoms with van der Waals surface area (Å²) in [6.07, 6.45) is 0. The smallest absolute Gasteiger partial charge is 0.187 e. The third-order valence-corrected chi connectivity index (χ3v) is 9.70. The Labute approximate surface area is 207 Å². The predicted octanol–water partition coefficient (Wildman–Crippen LogP) is 6.99. The molecule has 0 saturated carbocycles. The molecule has 4 aromatic carbocycles. The third kappa shape index (κ3) is 3.07. The second-order valence-electron chi connectivity index (χ2n) is 8.35. The van der Waals surface area contributed by atoms with Crippen LogP contribution in [0.25, 0.3) is 0 Å². The average molecular weight is 479 g/mol. The number of hydrogen-bond donors (Lipinski definition) is 0. The summed E-state index contributed by atoms with van der Waals surface area (Å²) in [4.78, 5) is 12.6. The van der Waals surface area contributed by atoms with Gasteiger partial charge in [-0.15, -0.1) is 0 Å². The molecule has 34 heavy (non-hydrogen) atoms. The summed E-state index contributed by atoms with van der Waals surface area (Å²) < 4.78 is -1.08. The zero-order chi connectivity index (χ0) is 23.2. The summed E-state index contributed by atoms with van der Waals surface area (Å²) in [5, 5.41) is 7.47. The second kappa shape index (κ2) is 8.19. The van der Waals surface area contributed by atoms with Gasteiger partial charge in [-0.25, -0.2) is 5.01 Å². The van der Waals surface area contributed by atoms with Gasteiger partial charge in [-0.05, 0) is 28.8 Å². The third-order valence-electron chi connectivity index (χ3n) is 6.31. The van der Waals surface area contributed by atoms with Crippen LogP contribution in [-0.2, 0) is 13.7 Å². The molecule has 5 heteroatoms. The number of hydrazone groups is 1. The van der Waals surface area contributed by atoms with Gasteiger partial charge in [0.1, 0.15) is 0 Å². The number of nitrogens with zero attached hydrogens (tertiary/aromatic N) is 2. The van der Waals surface area contributed by atoms with E-state index in [1.807, 2.05) is 35.0 Å². The van der Waals surface area contributed by atoms with Gasteiger partial charge in [0.05, 0.1) is 10.4 Å². The molecule has 2 aliphatic heterocycles. The number of anilines is 1. The molecule has 0 radical (unpaired) electrons. The summed E-state index contributed by atoms with van der Waals surface area (Å²) in [7, 11) is 0. The molecule has 166 valence electrons. The Bertz CT molecular complexity index is 1350. The van der Waals surface area contributed by atoms with E-state index in [2.05, 4.69) is 97.1 Å². The number of benzene rings is 4. The fourth-order valence-electron chi connectivity index (χ4n) is 4.85. The number of fused-ring (bicyclic) bond motifs is 2. The molecule has 2 aliphatic rings. The van der Waals surface area contributed by atoms with Crippen LogP contribution in [0, 0.1) is 0 Å². The van der Waals surface area contributed by atoms with Crippen LogP contribution in [0.5, 0.6) is 0 Å². The van der Waals surface area contributed by atoms with E-state index in [9.17, 15) is 4.79 Å². The molecular formula is C29H22N2OS2. The minimum absolute atomic E-state index is 0.0159.